The van der Waals surface area contributed by atoms with Crippen molar-refractivity contribution in [3.8, 4) is 0 Å². The molecule has 1 amide bonds. The van der Waals surface area contributed by atoms with E-state index in [1.807, 2.05) is 18.2 Å². The number of hydrogen-bond acceptors (Lipinski definition) is 1. The summed E-state index contributed by atoms with van der Waals surface area (Å²) in [5.41, 5.74) is 1.54. The van der Waals surface area contributed by atoms with Gasteiger partial charge in [-0.2, -0.15) is 0 Å². The molecule has 20 heavy (non-hydrogen) atoms. The van der Waals surface area contributed by atoms with E-state index < -0.39 is 5.82 Å². The molecule has 0 aromatic heterocycles. The number of nitrogens with one attached hydrogen (secondary N) is 1. The molecular weight excluding hydrogens is 277 g/mol. The lowest BCUT2D eigenvalue weighted by atomic mass is 10.1. The van der Waals surface area contributed by atoms with Gasteiger partial charge in [0.1, 0.15) is 5.82 Å². The standard InChI is InChI=1S/C16H15ClFNO/c17-15-11-13(18)8-9-14(15)16(20)19-10-4-7-12-5-2-1-3-6-12/h1-3,5-6,8-9,11H,4,7,10H2,(H,19,20). The number of benzene rings is 2. The van der Waals surface area contributed by atoms with Crippen molar-refractivity contribution < 1.29 is 9.18 Å². The van der Waals surface area contributed by atoms with Crippen LogP contribution >= 0.6 is 11.6 Å². The zero-order valence-electron chi connectivity index (χ0n) is 10.9. The van der Waals surface area contributed by atoms with E-state index in [1.54, 1.807) is 0 Å². The maximum Gasteiger partial charge on any atom is 0.252 e. The first kappa shape index (κ1) is 14.5. The van der Waals surface area contributed by atoms with Crippen molar-refractivity contribution in [2.45, 2.75) is 12.8 Å². The molecule has 0 aliphatic carbocycles. The highest BCUT2D eigenvalue weighted by Crippen LogP contribution is 2.16. The number of rotatable bonds is 5. The minimum Gasteiger partial charge on any atom is -0.352 e. The minimum absolute atomic E-state index is 0.130. The second kappa shape index (κ2) is 7.06. The third-order valence-electron chi connectivity index (χ3n) is 2.95. The number of carbonyl (C=O) groups is 1. The molecule has 2 rings (SSSR count). The fourth-order valence-electron chi connectivity index (χ4n) is 1.91. The zero-order valence-corrected chi connectivity index (χ0v) is 11.7. The summed E-state index contributed by atoms with van der Waals surface area (Å²) in [5.74, 6) is -0.723. The van der Waals surface area contributed by atoms with E-state index in [0.717, 1.165) is 18.9 Å². The smallest absolute Gasteiger partial charge is 0.252 e. The molecule has 0 bridgehead atoms. The highest BCUT2D eigenvalue weighted by molar-refractivity contribution is 6.33. The molecular formula is C16H15ClFNO. The third-order valence-corrected chi connectivity index (χ3v) is 3.26. The van der Waals surface area contributed by atoms with Gasteiger partial charge in [-0.1, -0.05) is 41.9 Å². The average molecular weight is 292 g/mol. The van der Waals surface area contributed by atoms with Crippen LogP contribution in [0.15, 0.2) is 48.5 Å². The molecule has 0 saturated heterocycles. The van der Waals surface area contributed by atoms with Crippen LogP contribution in [0.5, 0.6) is 0 Å². The molecule has 0 aliphatic rings. The van der Waals surface area contributed by atoms with E-state index in [9.17, 15) is 9.18 Å². The summed E-state index contributed by atoms with van der Waals surface area (Å²) in [6.07, 6.45) is 1.74. The van der Waals surface area contributed by atoms with Crippen LogP contribution < -0.4 is 5.32 Å². The molecule has 0 radical (unpaired) electrons. The maximum atomic E-state index is 12.9. The Hall–Kier alpha value is -1.87. The van der Waals surface area contributed by atoms with Gasteiger partial charge in [0.05, 0.1) is 10.6 Å². The van der Waals surface area contributed by atoms with Crippen LogP contribution in [-0.2, 0) is 6.42 Å². The molecule has 0 atom stereocenters. The van der Waals surface area contributed by atoms with E-state index in [4.69, 9.17) is 11.6 Å². The van der Waals surface area contributed by atoms with E-state index in [0.29, 0.717) is 12.1 Å². The van der Waals surface area contributed by atoms with Gasteiger partial charge in [-0.25, -0.2) is 4.39 Å². The number of carbonyl (C=O) groups excluding carboxylic acids is 1. The van der Waals surface area contributed by atoms with Gasteiger partial charge >= 0.3 is 0 Å². The second-order valence-electron chi connectivity index (χ2n) is 4.47. The lowest BCUT2D eigenvalue weighted by molar-refractivity contribution is 0.0953. The summed E-state index contributed by atoms with van der Waals surface area (Å²) in [6.45, 7) is 0.557. The lowest BCUT2D eigenvalue weighted by Crippen LogP contribution is -2.25. The Morgan fingerprint density at radius 3 is 2.60 bits per heavy atom. The first-order valence-corrected chi connectivity index (χ1v) is 6.82. The van der Waals surface area contributed by atoms with Crippen LogP contribution in [-0.4, -0.2) is 12.5 Å². The Morgan fingerprint density at radius 1 is 1.15 bits per heavy atom. The summed E-state index contributed by atoms with van der Waals surface area (Å²) in [4.78, 5) is 11.9. The second-order valence-corrected chi connectivity index (χ2v) is 4.88. The molecule has 1 N–H and O–H groups in total. The quantitative estimate of drug-likeness (QED) is 0.833. The van der Waals surface area contributed by atoms with Gasteiger partial charge in [-0.3, -0.25) is 4.79 Å². The molecule has 0 unspecified atom stereocenters. The number of amides is 1. The largest absolute Gasteiger partial charge is 0.352 e. The van der Waals surface area contributed by atoms with Crippen molar-refractivity contribution in [3.05, 3.63) is 70.5 Å². The first-order chi connectivity index (χ1) is 9.66. The minimum atomic E-state index is -0.448. The van der Waals surface area contributed by atoms with E-state index in [-0.39, 0.29) is 10.9 Å². The Kier molecular flexibility index (Phi) is 5.13. The number of halogens is 2. The van der Waals surface area contributed by atoms with E-state index in [1.165, 1.54) is 17.7 Å². The summed E-state index contributed by atoms with van der Waals surface area (Å²) < 4.78 is 12.9. The first-order valence-electron chi connectivity index (χ1n) is 6.44. The Balaban J connectivity index is 1.80. The Morgan fingerprint density at radius 2 is 1.90 bits per heavy atom. The van der Waals surface area contributed by atoms with Crippen LogP contribution in [0, 0.1) is 5.82 Å². The van der Waals surface area contributed by atoms with Crippen LogP contribution in [0.3, 0.4) is 0 Å². The SMILES string of the molecule is O=C(NCCCc1ccccc1)c1ccc(F)cc1Cl. The van der Waals surface area contributed by atoms with Crippen LogP contribution in [0.2, 0.25) is 5.02 Å². The summed E-state index contributed by atoms with van der Waals surface area (Å²) >= 11 is 5.83. The van der Waals surface area contributed by atoms with Crippen molar-refractivity contribution in [2.75, 3.05) is 6.54 Å². The third kappa shape index (κ3) is 4.07. The molecule has 0 heterocycles. The fraction of sp³-hybridized carbons (Fsp3) is 0.188. The van der Waals surface area contributed by atoms with E-state index in [2.05, 4.69) is 17.4 Å². The van der Waals surface area contributed by atoms with Gasteiger partial charge in [-0.05, 0) is 36.6 Å². The highest BCUT2D eigenvalue weighted by Gasteiger charge is 2.10. The zero-order chi connectivity index (χ0) is 14.4. The van der Waals surface area contributed by atoms with Crippen molar-refractivity contribution in [2.24, 2.45) is 0 Å². The topological polar surface area (TPSA) is 29.1 Å². The lowest BCUT2D eigenvalue weighted by Gasteiger charge is -2.07. The molecule has 2 aromatic rings. The van der Waals surface area contributed by atoms with Crippen molar-refractivity contribution >= 4 is 17.5 Å². The van der Waals surface area contributed by atoms with Crippen LogP contribution in [0.25, 0.3) is 0 Å². The highest BCUT2D eigenvalue weighted by atomic mass is 35.5. The van der Waals surface area contributed by atoms with E-state index >= 15 is 0 Å². The predicted molar refractivity (Wildman–Crippen MR) is 78.5 cm³/mol. The average Bonchev–Trinajstić information content (AvgIpc) is 2.44. The van der Waals surface area contributed by atoms with Crippen LogP contribution in [0.1, 0.15) is 22.3 Å². The van der Waals surface area contributed by atoms with Gasteiger partial charge in [0.2, 0.25) is 0 Å². The van der Waals surface area contributed by atoms with Crippen molar-refractivity contribution in [1.82, 2.24) is 5.32 Å². The van der Waals surface area contributed by atoms with Gasteiger partial charge in [0.15, 0.2) is 0 Å². The Bertz CT molecular complexity index is 586. The molecule has 4 heteroatoms. The van der Waals surface area contributed by atoms with Crippen LogP contribution in [0.4, 0.5) is 4.39 Å². The molecule has 2 nitrogen and oxygen atoms in total. The summed E-state index contributed by atoms with van der Waals surface area (Å²) in [6, 6.07) is 13.8. The molecule has 0 spiro atoms. The summed E-state index contributed by atoms with van der Waals surface area (Å²) in [5, 5.41) is 2.91. The molecule has 2 aromatic carbocycles. The normalized spacial score (nSPS) is 10.3. The van der Waals surface area contributed by atoms with Crippen molar-refractivity contribution in [3.63, 3.8) is 0 Å². The van der Waals surface area contributed by atoms with Gasteiger partial charge < -0.3 is 5.32 Å². The molecule has 0 fully saturated rings. The maximum absolute atomic E-state index is 12.9. The Labute approximate surface area is 122 Å². The molecule has 0 aliphatic heterocycles. The van der Waals surface area contributed by atoms with Crippen molar-refractivity contribution in [1.29, 1.82) is 0 Å². The molecule has 0 saturated carbocycles. The predicted octanol–water partition coefficient (Wildman–Crippen LogP) is 3.84. The monoisotopic (exact) mass is 291 g/mol. The molecule has 104 valence electrons. The number of aryl methyl sites for hydroxylation is 1. The van der Waals surface area contributed by atoms with Gasteiger partial charge in [-0.15, -0.1) is 0 Å². The number of hydrogen-bond donors (Lipinski definition) is 1. The fourth-order valence-corrected chi connectivity index (χ4v) is 2.16. The summed E-state index contributed by atoms with van der Waals surface area (Å²) in [7, 11) is 0. The van der Waals surface area contributed by atoms with Gasteiger partial charge in [0, 0.05) is 6.54 Å². The van der Waals surface area contributed by atoms with Gasteiger partial charge in [0.25, 0.3) is 5.91 Å².